The molecule has 2 fully saturated rings. The van der Waals surface area contributed by atoms with Gasteiger partial charge in [0.25, 0.3) is 0 Å². The number of likely N-dealkylation sites (tertiary alicyclic amines) is 1. The van der Waals surface area contributed by atoms with Gasteiger partial charge in [-0.05, 0) is 44.4 Å². The molecule has 1 atom stereocenters. The van der Waals surface area contributed by atoms with Gasteiger partial charge in [0.15, 0.2) is 0 Å². The third-order valence-electron chi connectivity index (χ3n) is 5.47. The lowest BCUT2D eigenvalue weighted by Gasteiger charge is -2.30. The first-order valence-corrected chi connectivity index (χ1v) is 9.12. The molecular weight excluding hydrogens is 284 g/mol. The Morgan fingerprint density at radius 1 is 1.13 bits per heavy atom. The van der Waals surface area contributed by atoms with Gasteiger partial charge in [-0.15, -0.1) is 0 Å². The molecule has 2 aromatic rings. The van der Waals surface area contributed by atoms with Crippen molar-refractivity contribution in [1.82, 2.24) is 19.4 Å². The van der Waals surface area contributed by atoms with Crippen molar-refractivity contribution in [1.29, 1.82) is 0 Å². The Morgan fingerprint density at radius 2 is 2.00 bits per heavy atom. The molecule has 0 unspecified atom stereocenters. The second-order valence-electron chi connectivity index (χ2n) is 6.82. The van der Waals surface area contributed by atoms with Crippen molar-refractivity contribution in [3.8, 4) is 5.82 Å². The lowest BCUT2D eigenvalue weighted by Crippen LogP contribution is -2.33. The molecule has 2 aliphatic rings. The van der Waals surface area contributed by atoms with Gasteiger partial charge in [0.2, 0.25) is 0 Å². The van der Waals surface area contributed by atoms with Crippen LogP contribution in [0.2, 0.25) is 0 Å². The first-order chi connectivity index (χ1) is 11.4. The van der Waals surface area contributed by atoms with Gasteiger partial charge < -0.3 is 0 Å². The highest BCUT2D eigenvalue weighted by Gasteiger charge is 2.33. The average Bonchev–Trinajstić information content (AvgIpc) is 3.34. The maximum Gasteiger partial charge on any atom is 0.138 e. The fourth-order valence-electron chi connectivity index (χ4n) is 4.34. The SMILES string of the molecule is CCc1nccn1-c1cccc([C@@H]2CCCN2C2CCCC2)n1. The van der Waals surface area contributed by atoms with Crippen LogP contribution < -0.4 is 0 Å². The predicted octanol–water partition coefficient (Wildman–Crippen LogP) is 3.91. The Morgan fingerprint density at radius 3 is 2.83 bits per heavy atom. The minimum atomic E-state index is 0.506. The molecule has 4 heteroatoms. The van der Waals surface area contributed by atoms with Crippen LogP contribution in [-0.4, -0.2) is 32.0 Å². The van der Waals surface area contributed by atoms with Crippen molar-refractivity contribution < 1.29 is 0 Å². The smallest absolute Gasteiger partial charge is 0.138 e. The highest BCUT2D eigenvalue weighted by Crippen LogP contribution is 2.37. The minimum absolute atomic E-state index is 0.506. The molecule has 4 rings (SSSR count). The van der Waals surface area contributed by atoms with E-state index in [-0.39, 0.29) is 0 Å². The van der Waals surface area contributed by atoms with Crippen molar-refractivity contribution >= 4 is 0 Å². The molecule has 0 amide bonds. The van der Waals surface area contributed by atoms with E-state index in [0.717, 1.165) is 24.1 Å². The quantitative estimate of drug-likeness (QED) is 0.858. The van der Waals surface area contributed by atoms with Crippen molar-refractivity contribution in [2.45, 2.75) is 64.0 Å². The Labute approximate surface area is 138 Å². The van der Waals surface area contributed by atoms with Crippen LogP contribution in [0.5, 0.6) is 0 Å². The van der Waals surface area contributed by atoms with E-state index in [4.69, 9.17) is 4.98 Å². The van der Waals surface area contributed by atoms with Crippen LogP contribution in [0.25, 0.3) is 5.82 Å². The van der Waals surface area contributed by atoms with Crippen molar-refractivity contribution in [3.05, 3.63) is 42.1 Å². The molecule has 0 bridgehead atoms. The van der Waals surface area contributed by atoms with Crippen LogP contribution in [0.1, 0.15) is 63.0 Å². The summed E-state index contributed by atoms with van der Waals surface area (Å²) in [4.78, 5) is 12.2. The van der Waals surface area contributed by atoms with E-state index in [0.29, 0.717) is 6.04 Å². The number of aryl methyl sites for hydroxylation is 1. The topological polar surface area (TPSA) is 34.0 Å². The summed E-state index contributed by atoms with van der Waals surface area (Å²) in [7, 11) is 0. The van der Waals surface area contributed by atoms with E-state index in [1.807, 2.05) is 12.4 Å². The number of rotatable bonds is 4. The minimum Gasteiger partial charge on any atom is -0.292 e. The van der Waals surface area contributed by atoms with Crippen LogP contribution in [-0.2, 0) is 6.42 Å². The normalized spacial score (nSPS) is 22.9. The summed E-state index contributed by atoms with van der Waals surface area (Å²) >= 11 is 0. The number of imidazole rings is 1. The van der Waals surface area contributed by atoms with Crippen molar-refractivity contribution in [2.24, 2.45) is 0 Å². The standard InChI is InChI=1S/C19H26N4/c1-2-18-20-12-14-23(18)19-11-5-9-16(21-19)17-10-6-13-22(17)15-7-3-4-8-15/h5,9,11-12,14-15,17H,2-4,6-8,10,13H2,1H3/t17-/m0/s1. The summed E-state index contributed by atoms with van der Waals surface area (Å²) < 4.78 is 2.12. The van der Waals surface area contributed by atoms with Gasteiger partial charge >= 0.3 is 0 Å². The molecule has 1 aliphatic heterocycles. The van der Waals surface area contributed by atoms with Gasteiger partial charge in [0, 0.05) is 24.9 Å². The average molecular weight is 310 g/mol. The van der Waals surface area contributed by atoms with Gasteiger partial charge in [0.05, 0.1) is 11.7 Å². The molecule has 0 radical (unpaired) electrons. The van der Waals surface area contributed by atoms with Gasteiger partial charge in [-0.2, -0.15) is 0 Å². The number of pyridine rings is 1. The fourth-order valence-corrected chi connectivity index (χ4v) is 4.34. The molecule has 0 aromatic carbocycles. The zero-order valence-corrected chi connectivity index (χ0v) is 14.0. The zero-order valence-electron chi connectivity index (χ0n) is 14.0. The third-order valence-corrected chi connectivity index (χ3v) is 5.47. The van der Waals surface area contributed by atoms with E-state index in [1.165, 1.54) is 50.8 Å². The van der Waals surface area contributed by atoms with Gasteiger partial charge in [-0.3, -0.25) is 9.47 Å². The summed E-state index contributed by atoms with van der Waals surface area (Å²) in [6.07, 6.45) is 12.9. The maximum atomic E-state index is 5.01. The lowest BCUT2D eigenvalue weighted by atomic mass is 10.1. The van der Waals surface area contributed by atoms with Crippen LogP contribution in [0, 0.1) is 0 Å². The number of aromatic nitrogens is 3. The third kappa shape index (κ3) is 2.80. The maximum absolute atomic E-state index is 5.01. The van der Waals surface area contributed by atoms with E-state index < -0.39 is 0 Å². The molecule has 3 heterocycles. The Bertz CT molecular complexity index is 657. The molecule has 2 aromatic heterocycles. The second kappa shape index (κ2) is 6.44. The van der Waals surface area contributed by atoms with Crippen LogP contribution >= 0.6 is 0 Å². The van der Waals surface area contributed by atoms with Crippen molar-refractivity contribution in [2.75, 3.05) is 6.54 Å². The summed E-state index contributed by atoms with van der Waals surface area (Å²) in [5.74, 6) is 2.09. The zero-order chi connectivity index (χ0) is 15.6. The van der Waals surface area contributed by atoms with Crippen LogP contribution in [0.3, 0.4) is 0 Å². The monoisotopic (exact) mass is 310 g/mol. The first-order valence-electron chi connectivity index (χ1n) is 9.12. The largest absolute Gasteiger partial charge is 0.292 e. The summed E-state index contributed by atoms with van der Waals surface area (Å²) in [6, 6.07) is 7.75. The fraction of sp³-hybridized carbons (Fsp3) is 0.579. The summed E-state index contributed by atoms with van der Waals surface area (Å²) in [6.45, 7) is 3.38. The van der Waals surface area contributed by atoms with Gasteiger partial charge in [0.1, 0.15) is 11.6 Å². The summed E-state index contributed by atoms with van der Waals surface area (Å²) in [5.41, 5.74) is 1.24. The van der Waals surface area contributed by atoms with Crippen molar-refractivity contribution in [3.63, 3.8) is 0 Å². The van der Waals surface area contributed by atoms with E-state index >= 15 is 0 Å². The molecule has 23 heavy (non-hydrogen) atoms. The van der Waals surface area contributed by atoms with E-state index in [1.54, 1.807) is 0 Å². The first kappa shape index (κ1) is 14.9. The molecular formula is C19H26N4. The van der Waals surface area contributed by atoms with Gasteiger partial charge in [-0.25, -0.2) is 9.97 Å². The number of nitrogens with zero attached hydrogens (tertiary/aromatic N) is 4. The molecule has 122 valence electrons. The summed E-state index contributed by atoms with van der Waals surface area (Å²) in [5, 5.41) is 0. The van der Waals surface area contributed by atoms with E-state index in [2.05, 4.69) is 39.6 Å². The molecule has 1 saturated carbocycles. The highest BCUT2D eigenvalue weighted by molar-refractivity contribution is 5.28. The Hall–Kier alpha value is -1.68. The molecule has 1 aliphatic carbocycles. The number of hydrogen-bond acceptors (Lipinski definition) is 3. The molecule has 1 saturated heterocycles. The Balaban J connectivity index is 1.63. The van der Waals surface area contributed by atoms with E-state index in [9.17, 15) is 0 Å². The lowest BCUT2D eigenvalue weighted by molar-refractivity contribution is 0.180. The Kier molecular flexibility index (Phi) is 4.17. The molecule has 0 N–H and O–H groups in total. The predicted molar refractivity (Wildman–Crippen MR) is 91.7 cm³/mol. The second-order valence-corrected chi connectivity index (χ2v) is 6.82. The highest BCUT2D eigenvalue weighted by atomic mass is 15.2. The van der Waals surface area contributed by atoms with Crippen LogP contribution in [0.15, 0.2) is 30.6 Å². The van der Waals surface area contributed by atoms with Gasteiger partial charge in [-0.1, -0.05) is 25.8 Å². The van der Waals surface area contributed by atoms with Crippen LogP contribution in [0.4, 0.5) is 0 Å². The number of hydrogen-bond donors (Lipinski definition) is 0. The molecule has 0 spiro atoms. The molecule has 4 nitrogen and oxygen atoms in total.